The molecule has 0 aliphatic heterocycles. The molecule has 4 rings (SSSR count). The number of hydrogen-bond acceptors (Lipinski definition) is 2. The number of nitrogens with zero attached hydrogens (tertiary/aromatic N) is 1. The van der Waals surface area contributed by atoms with E-state index in [-0.39, 0.29) is 46.6 Å². The lowest BCUT2D eigenvalue weighted by Crippen LogP contribution is -2.13. The molecule has 0 unspecified atom stereocenters. The number of rotatable bonds is 6. The number of aromatic nitrogens is 1. The SMILES string of the molecule is Cc1c(C(=O)O)n(Cc2ccc(F)c(C(F)(F)F)c2)c2ccc(OCc3ccccc3)c(F)c12. The number of ether oxygens (including phenoxy) is 1. The van der Waals surface area contributed by atoms with Crippen LogP contribution in [0.15, 0.2) is 60.7 Å². The van der Waals surface area contributed by atoms with E-state index in [0.29, 0.717) is 12.1 Å². The molecule has 0 saturated carbocycles. The number of fused-ring (bicyclic) bond motifs is 1. The van der Waals surface area contributed by atoms with Gasteiger partial charge in [-0.1, -0.05) is 36.4 Å². The summed E-state index contributed by atoms with van der Waals surface area (Å²) in [5, 5.41) is 9.74. The Morgan fingerprint density at radius 2 is 1.71 bits per heavy atom. The third-order valence-corrected chi connectivity index (χ3v) is 5.49. The van der Waals surface area contributed by atoms with Crippen molar-refractivity contribution < 1.29 is 36.6 Å². The zero-order valence-corrected chi connectivity index (χ0v) is 17.8. The number of carbonyl (C=O) groups is 1. The predicted molar refractivity (Wildman–Crippen MR) is 115 cm³/mol. The van der Waals surface area contributed by atoms with Crippen LogP contribution in [0.4, 0.5) is 22.0 Å². The molecule has 0 aliphatic rings. The van der Waals surface area contributed by atoms with Crippen LogP contribution >= 0.6 is 0 Å². The second-order valence-electron chi connectivity index (χ2n) is 7.72. The summed E-state index contributed by atoms with van der Waals surface area (Å²) in [6.07, 6.45) is -4.92. The third kappa shape index (κ3) is 4.33. The molecule has 0 atom stereocenters. The van der Waals surface area contributed by atoms with Gasteiger partial charge in [0.05, 0.1) is 11.1 Å². The lowest BCUT2D eigenvalue weighted by atomic mass is 10.1. The zero-order valence-electron chi connectivity index (χ0n) is 17.8. The highest BCUT2D eigenvalue weighted by Gasteiger charge is 2.34. The monoisotopic (exact) mass is 475 g/mol. The van der Waals surface area contributed by atoms with Crippen molar-refractivity contribution in [2.75, 3.05) is 0 Å². The molecule has 0 saturated heterocycles. The number of carboxylic acid groups (broad SMARTS) is 1. The Morgan fingerprint density at radius 1 is 1.00 bits per heavy atom. The number of aromatic carboxylic acids is 1. The van der Waals surface area contributed by atoms with Crippen LogP contribution in [0.25, 0.3) is 10.9 Å². The molecule has 4 aromatic rings. The van der Waals surface area contributed by atoms with Crippen LogP contribution in [-0.4, -0.2) is 15.6 Å². The lowest BCUT2D eigenvalue weighted by Gasteiger charge is -2.13. The van der Waals surface area contributed by atoms with E-state index >= 15 is 4.39 Å². The highest BCUT2D eigenvalue weighted by molar-refractivity contribution is 5.99. The molecule has 0 spiro atoms. The van der Waals surface area contributed by atoms with Crippen LogP contribution in [0.1, 0.15) is 32.7 Å². The molecule has 0 amide bonds. The maximum Gasteiger partial charge on any atom is 0.419 e. The van der Waals surface area contributed by atoms with Crippen LogP contribution in [0, 0.1) is 18.6 Å². The lowest BCUT2D eigenvalue weighted by molar-refractivity contribution is -0.140. The van der Waals surface area contributed by atoms with Crippen LogP contribution in [-0.2, 0) is 19.3 Å². The van der Waals surface area contributed by atoms with Gasteiger partial charge in [-0.15, -0.1) is 0 Å². The molecule has 1 aromatic heterocycles. The topological polar surface area (TPSA) is 51.5 Å². The van der Waals surface area contributed by atoms with E-state index in [9.17, 15) is 27.5 Å². The maximum absolute atomic E-state index is 15.4. The van der Waals surface area contributed by atoms with Gasteiger partial charge in [-0.3, -0.25) is 0 Å². The molecule has 0 bridgehead atoms. The van der Waals surface area contributed by atoms with Gasteiger partial charge in [0.15, 0.2) is 11.6 Å². The van der Waals surface area contributed by atoms with E-state index in [1.807, 2.05) is 6.07 Å². The maximum atomic E-state index is 15.4. The fraction of sp³-hybridized carbons (Fsp3) is 0.160. The standard InChI is InChI=1S/C25H18F5NO3/c1-14-21-19(9-10-20(22(21)27)34-13-15-5-3-2-4-6-15)31(23(14)24(32)33)12-16-7-8-18(26)17(11-16)25(28,29)30/h2-11H,12-13H2,1H3,(H,32,33). The number of carboxylic acids is 1. The predicted octanol–water partition coefficient (Wildman–Crippen LogP) is 6.57. The fourth-order valence-corrected chi connectivity index (χ4v) is 3.93. The van der Waals surface area contributed by atoms with Gasteiger partial charge in [0.25, 0.3) is 0 Å². The quantitative estimate of drug-likeness (QED) is 0.321. The van der Waals surface area contributed by atoms with Gasteiger partial charge < -0.3 is 14.4 Å². The van der Waals surface area contributed by atoms with Gasteiger partial charge in [0, 0.05) is 11.9 Å². The van der Waals surface area contributed by atoms with Crippen LogP contribution < -0.4 is 4.74 Å². The highest BCUT2D eigenvalue weighted by atomic mass is 19.4. The molecule has 0 aliphatic carbocycles. The second kappa shape index (κ2) is 8.81. The second-order valence-corrected chi connectivity index (χ2v) is 7.72. The number of halogens is 5. The molecule has 3 aromatic carbocycles. The van der Waals surface area contributed by atoms with Crippen molar-refractivity contribution in [2.24, 2.45) is 0 Å². The first-order valence-corrected chi connectivity index (χ1v) is 10.1. The molecule has 1 N–H and O–H groups in total. The van der Waals surface area contributed by atoms with Crippen molar-refractivity contribution in [1.82, 2.24) is 4.57 Å². The first kappa shape index (κ1) is 23.3. The van der Waals surface area contributed by atoms with E-state index in [4.69, 9.17) is 4.74 Å². The Balaban J connectivity index is 1.78. The largest absolute Gasteiger partial charge is 0.486 e. The van der Waals surface area contributed by atoms with E-state index in [1.165, 1.54) is 23.6 Å². The van der Waals surface area contributed by atoms with E-state index in [1.54, 1.807) is 24.3 Å². The van der Waals surface area contributed by atoms with Crippen molar-refractivity contribution in [1.29, 1.82) is 0 Å². The van der Waals surface area contributed by atoms with E-state index < -0.39 is 29.3 Å². The Labute approximate surface area is 190 Å². The average Bonchev–Trinajstić information content (AvgIpc) is 3.06. The molecule has 176 valence electrons. The fourth-order valence-electron chi connectivity index (χ4n) is 3.93. The Bertz CT molecular complexity index is 1380. The molecule has 0 fully saturated rings. The van der Waals surface area contributed by atoms with Gasteiger partial charge in [-0.05, 0) is 47.9 Å². The van der Waals surface area contributed by atoms with Gasteiger partial charge in [-0.25, -0.2) is 13.6 Å². The van der Waals surface area contributed by atoms with Crippen molar-refractivity contribution in [3.05, 3.63) is 100 Å². The number of aryl methyl sites for hydroxylation is 1. The Hall–Kier alpha value is -3.88. The minimum Gasteiger partial charge on any atom is -0.486 e. The average molecular weight is 475 g/mol. The summed E-state index contributed by atoms with van der Waals surface area (Å²) in [6.45, 7) is 1.17. The number of alkyl halides is 3. The van der Waals surface area contributed by atoms with Crippen LogP contribution in [0.2, 0.25) is 0 Å². The molecular weight excluding hydrogens is 457 g/mol. The molecule has 9 heteroatoms. The first-order valence-electron chi connectivity index (χ1n) is 10.1. The smallest absolute Gasteiger partial charge is 0.419 e. The minimum absolute atomic E-state index is 0.0120. The molecule has 0 radical (unpaired) electrons. The van der Waals surface area contributed by atoms with E-state index in [0.717, 1.165) is 11.6 Å². The van der Waals surface area contributed by atoms with Gasteiger partial charge in [0.2, 0.25) is 0 Å². The summed E-state index contributed by atoms with van der Waals surface area (Å²) < 4.78 is 75.2. The first-order chi connectivity index (χ1) is 16.1. The molecule has 4 nitrogen and oxygen atoms in total. The molecular formula is C25H18F5NO3. The summed E-state index contributed by atoms with van der Waals surface area (Å²) >= 11 is 0. The van der Waals surface area contributed by atoms with Gasteiger partial charge in [0.1, 0.15) is 18.1 Å². The summed E-state index contributed by atoms with van der Waals surface area (Å²) in [4.78, 5) is 12.0. The summed E-state index contributed by atoms with van der Waals surface area (Å²) in [5.74, 6) is -3.68. The summed E-state index contributed by atoms with van der Waals surface area (Å²) in [7, 11) is 0. The minimum atomic E-state index is -4.92. The Kier molecular flexibility index (Phi) is 6.03. The van der Waals surface area contributed by atoms with Crippen molar-refractivity contribution in [3.8, 4) is 5.75 Å². The number of hydrogen-bond donors (Lipinski definition) is 1. The summed E-state index contributed by atoms with van der Waals surface area (Å²) in [6, 6.07) is 14.3. The third-order valence-electron chi connectivity index (χ3n) is 5.49. The zero-order chi connectivity index (χ0) is 24.6. The number of benzene rings is 3. The molecule has 34 heavy (non-hydrogen) atoms. The van der Waals surface area contributed by atoms with Crippen LogP contribution in [0.5, 0.6) is 5.75 Å². The Morgan fingerprint density at radius 3 is 2.35 bits per heavy atom. The highest BCUT2D eigenvalue weighted by Crippen LogP contribution is 2.35. The van der Waals surface area contributed by atoms with Gasteiger partial charge in [-0.2, -0.15) is 13.2 Å². The van der Waals surface area contributed by atoms with Gasteiger partial charge >= 0.3 is 12.1 Å². The van der Waals surface area contributed by atoms with Crippen molar-refractivity contribution in [2.45, 2.75) is 26.3 Å². The molecule has 1 heterocycles. The van der Waals surface area contributed by atoms with Crippen LogP contribution in [0.3, 0.4) is 0 Å². The summed E-state index contributed by atoms with van der Waals surface area (Å²) in [5.41, 5.74) is -0.664. The van der Waals surface area contributed by atoms with Crippen molar-refractivity contribution in [3.63, 3.8) is 0 Å². The van der Waals surface area contributed by atoms with Crippen molar-refractivity contribution >= 4 is 16.9 Å². The normalized spacial score (nSPS) is 11.7. The van der Waals surface area contributed by atoms with E-state index in [2.05, 4.69) is 0 Å².